The Kier molecular flexibility index (Phi) is 7.81. The fourth-order valence-electron chi connectivity index (χ4n) is 2.21. The van der Waals surface area contributed by atoms with Crippen LogP contribution in [0.5, 0.6) is 0 Å². The SMILES string of the molecule is O=C(OC(=O)c1c(Cl)c(Cl)cc(Cl)c1S(=O)(=O)O)c1c(Cl)c(Cl)cc(Cl)c1S(=O)(=O)O. The van der Waals surface area contributed by atoms with Crippen molar-refractivity contribution in [3.63, 3.8) is 0 Å². The van der Waals surface area contributed by atoms with Crippen LogP contribution in [0.3, 0.4) is 0 Å². The van der Waals surface area contributed by atoms with Crippen molar-refractivity contribution < 1.29 is 40.3 Å². The zero-order valence-electron chi connectivity index (χ0n) is 14.0. The lowest BCUT2D eigenvalue weighted by Gasteiger charge is -2.14. The normalized spacial score (nSPS) is 12.0. The van der Waals surface area contributed by atoms with E-state index in [9.17, 15) is 35.5 Å². The average Bonchev–Trinajstić information content (AvgIpc) is 2.58. The number of hydrogen-bond acceptors (Lipinski definition) is 7. The Balaban J connectivity index is 2.72. The third-order valence-electron chi connectivity index (χ3n) is 3.36. The molecule has 2 aromatic carbocycles. The van der Waals surface area contributed by atoms with Gasteiger partial charge in [-0.15, -0.1) is 0 Å². The topological polar surface area (TPSA) is 152 Å². The van der Waals surface area contributed by atoms with Gasteiger partial charge in [-0.3, -0.25) is 9.11 Å². The van der Waals surface area contributed by atoms with Gasteiger partial charge in [-0.2, -0.15) is 16.8 Å². The first-order chi connectivity index (χ1) is 14.0. The van der Waals surface area contributed by atoms with E-state index in [1.807, 2.05) is 0 Å². The molecule has 17 heteroatoms. The summed E-state index contributed by atoms with van der Waals surface area (Å²) >= 11 is 34.5. The molecule has 0 spiro atoms. The fourth-order valence-corrected chi connectivity index (χ4v) is 5.79. The first kappa shape index (κ1) is 26.4. The van der Waals surface area contributed by atoms with Gasteiger partial charge in [0, 0.05) is 0 Å². The summed E-state index contributed by atoms with van der Waals surface area (Å²) in [6.07, 6.45) is 0. The van der Waals surface area contributed by atoms with E-state index in [0.29, 0.717) is 0 Å². The fraction of sp³-hybridized carbons (Fsp3) is 0. The lowest BCUT2D eigenvalue weighted by atomic mass is 10.2. The maximum Gasteiger partial charge on any atom is 0.349 e. The van der Waals surface area contributed by atoms with Crippen molar-refractivity contribution in [1.29, 1.82) is 0 Å². The van der Waals surface area contributed by atoms with Crippen molar-refractivity contribution >= 4 is 102 Å². The van der Waals surface area contributed by atoms with E-state index in [-0.39, 0.29) is 0 Å². The van der Waals surface area contributed by atoms with Crippen molar-refractivity contribution in [3.8, 4) is 0 Å². The van der Waals surface area contributed by atoms with Gasteiger partial charge in [0.15, 0.2) is 0 Å². The predicted molar refractivity (Wildman–Crippen MR) is 112 cm³/mol. The number of carbonyl (C=O) groups is 2. The van der Waals surface area contributed by atoms with Gasteiger partial charge in [-0.1, -0.05) is 69.6 Å². The number of hydrogen-bond donors (Lipinski definition) is 2. The average molecular weight is 593 g/mol. The number of esters is 2. The zero-order valence-corrected chi connectivity index (χ0v) is 20.2. The predicted octanol–water partition coefficient (Wildman–Crippen LogP) is 5.10. The van der Waals surface area contributed by atoms with Crippen LogP contribution in [0.1, 0.15) is 20.7 Å². The molecule has 168 valence electrons. The molecule has 0 aliphatic rings. The minimum atomic E-state index is -5.19. The van der Waals surface area contributed by atoms with Gasteiger partial charge in [0.25, 0.3) is 20.2 Å². The first-order valence-electron chi connectivity index (χ1n) is 7.05. The maximum atomic E-state index is 12.5. The van der Waals surface area contributed by atoms with Crippen LogP contribution >= 0.6 is 69.6 Å². The highest BCUT2D eigenvalue weighted by molar-refractivity contribution is 7.86. The molecule has 0 amide bonds. The summed E-state index contributed by atoms with van der Waals surface area (Å²) < 4.78 is 69.7. The van der Waals surface area contributed by atoms with E-state index < -0.39 is 83.2 Å². The molecule has 0 heterocycles. The number of halogens is 6. The summed E-state index contributed by atoms with van der Waals surface area (Å²) in [5.41, 5.74) is -2.29. The van der Waals surface area contributed by atoms with Gasteiger partial charge < -0.3 is 4.74 Å². The molecule has 0 aliphatic heterocycles. The van der Waals surface area contributed by atoms with Crippen LogP contribution in [0.25, 0.3) is 0 Å². The molecule has 9 nitrogen and oxygen atoms in total. The highest BCUT2D eigenvalue weighted by Gasteiger charge is 2.34. The third kappa shape index (κ3) is 5.38. The van der Waals surface area contributed by atoms with Crippen molar-refractivity contribution in [3.05, 3.63) is 53.4 Å². The number of rotatable bonds is 4. The molecule has 2 aromatic rings. The zero-order chi connectivity index (χ0) is 24.0. The number of carbonyl (C=O) groups excluding carboxylic acids is 2. The van der Waals surface area contributed by atoms with E-state index in [0.717, 1.165) is 12.1 Å². The Bertz CT molecular complexity index is 1250. The molecular formula is C14H4Cl6O9S2. The van der Waals surface area contributed by atoms with Crippen LogP contribution < -0.4 is 0 Å². The molecule has 0 unspecified atom stereocenters. The van der Waals surface area contributed by atoms with Gasteiger partial charge in [-0.05, 0) is 12.1 Å². The Morgan fingerprint density at radius 3 is 1.19 bits per heavy atom. The molecule has 2 N–H and O–H groups in total. The summed E-state index contributed by atoms with van der Waals surface area (Å²) in [5.74, 6) is -3.67. The molecule has 31 heavy (non-hydrogen) atoms. The molecule has 0 atom stereocenters. The van der Waals surface area contributed by atoms with Crippen LogP contribution in [0.4, 0.5) is 0 Å². The summed E-state index contributed by atoms with van der Waals surface area (Å²) in [7, 11) is -10.4. The van der Waals surface area contributed by atoms with Crippen LogP contribution in [-0.2, 0) is 25.0 Å². The van der Waals surface area contributed by atoms with Crippen molar-refractivity contribution in [2.24, 2.45) is 0 Å². The Hall–Kier alpha value is -0.860. The maximum absolute atomic E-state index is 12.5. The lowest BCUT2D eigenvalue weighted by molar-refractivity contribution is 0.0391. The number of benzene rings is 2. The summed E-state index contributed by atoms with van der Waals surface area (Å²) in [6.45, 7) is 0. The quantitative estimate of drug-likeness (QED) is 0.214. The summed E-state index contributed by atoms with van der Waals surface area (Å²) in [4.78, 5) is 22.6. The Labute approximate surface area is 204 Å². The van der Waals surface area contributed by atoms with E-state index in [4.69, 9.17) is 69.6 Å². The van der Waals surface area contributed by atoms with Crippen molar-refractivity contribution in [2.45, 2.75) is 9.79 Å². The molecule has 0 aliphatic carbocycles. The van der Waals surface area contributed by atoms with Gasteiger partial charge in [-0.25, -0.2) is 9.59 Å². The van der Waals surface area contributed by atoms with Gasteiger partial charge in [0.1, 0.15) is 20.9 Å². The summed E-state index contributed by atoms with van der Waals surface area (Å²) in [5, 5.41) is -3.97. The minimum absolute atomic E-state index is 0.457. The van der Waals surface area contributed by atoms with Crippen LogP contribution in [0, 0.1) is 0 Å². The molecule has 2 rings (SSSR count). The van der Waals surface area contributed by atoms with Crippen molar-refractivity contribution in [1.82, 2.24) is 0 Å². The Morgan fingerprint density at radius 1 is 0.645 bits per heavy atom. The van der Waals surface area contributed by atoms with Crippen LogP contribution in [0.2, 0.25) is 30.1 Å². The lowest BCUT2D eigenvalue weighted by Crippen LogP contribution is -2.20. The largest absolute Gasteiger partial charge is 0.386 e. The smallest absolute Gasteiger partial charge is 0.349 e. The molecule has 0 aromatic heterocycles. The van der Waals surface area contributed by atoms with Gasteiger partial charge in [0.05, 0.1) is 30.1 Å². The van der Waals surface area contributed by atoms with E-state index in [1.54, 1.807) is 0 Å². The molecular weight excluding hydrogens is 589 g/mol. The van der Waals surface area contributed by atoms with E-state index in [2.05, 4.69) is 4.74 Å². The van der Waals surface area contributed by atoms with Crippen molar-refractivity contribution in [2.75, 3.05) is 0 Å². The molecule has 0 saturated heterocycles. The highest BCUT2D eigenvalue weighted by atomic mass is 35.5. The first-order valence-corrected chi connectivity index (χ1v) is 12.2. The monoisotopic (exact) mass is 590 g/mol. The Morgan fingerprint density at radius 2 is 0.935 bits per heavy atom. The third-order valence-corrected chi connectivity index (χ3v) is 7.64. The second kappa shape index (κ2) is 9.18. The second-order valence-electron chi connectivity index (χ2n) is 5.34. The minimum Gasteiger partial charge on any atom is -0.386 e. The molecule has 0 saturated carbocycles. The highest BCUT2D eigenvalue weighted by Crippen LogP contribution is 2.39. The second-order valence-corrected chi connectivity index (χ2v) is 10.4. The van der Waals surface area contributed by atoms with E-state index >= 15 is 0 Å². The molecule has 0 fully saturated rings. The van der Waals surface area contributed by atoms with Crippen LogP contribution in [-0.4, -0.2) is 37.9 Å². The van der Waals surface area contributed by atoms with Gasteiger partial charge >= 0.3 is 11.9 Å². The van der Waals surface area contributed by atoms with Gasteiger partial charge in [0.2, 0.25) is 0 Å². The standard InChI is InChI=1S/C14H4Cl6O9S2/c15-3-1-5(17)11(30(23,24)25)7(9(3)19)13(21)29-14(22)8-10(20)4(16)2-6(18)12(8)31(26,27)28/h1-2H,(H,23,24,25)(H,26,27,28). The molecule has 0 bridgehead atoms. The van der Waals surface area contributed by atoms with E-state index in [1.165, 1.54) is 0 Å². The number of ether oxygens (including phenoxy) is 1. The molecule has 0 radical (unpaired) electrons. The summed E-state index contributed by atoms with van der Waals surface area (Å²) in [6, 6.07) is 1.58. The van der Waals surface area contributed by atoms with Crippen LogP contribution in [0.15, 0.2) is 21.9 Å².